The van der Waals surface area contributed by atoms with Gasteiger partial charge in [0.15, 0.2) is 18.4 Å². The molecule has 0 amide bonds. The van der Waals surface area contributed by atoms with Crippen molar-refractivity contribution >= 4 is 23.1 Å². The third-order valence-corrected chi connectivity index (χ3v) is 8.34. The van der Waals surface area contributed by atoms with Gasteiger partial charge >= 0.3 is 0 Å². The second kappa shape index (κ2) is 7.37. The fourth-order valence-corrected chi connectivity index (χ4v) is 7.28. The van der Waals surface area contributed by atoms with Crippen molar-refractivity contribution in [2.24, 2.45) is 11.8 Å². The largest absolute Gasteiger partial charge is 0.511 e. The molecule has 1 aromatic carbocycles. The maximum atomic E-state index is 13.5. The second-order valence-electron chi connectivity index (χ2n) is 9.27. The van der Waals surface area contributed by atoms with Crippen LogP contribution in [0.1, 0.15) is 48.4 Å². The molecule has 3 saturated heterocycles. The number of rotatable bonds is 6. The summed E-state index contributed by atoms with van der Waals surface area (Å²) in [6.07, 6.45) is 2.37. The molecule has 2 bridgehead atoms. The van der Waals surface area contributed by atoms with Crippen LogP contribution in [0.5, 0.6) is 0 Å². The van der Waals surface area contributed by atoms with Crippen molar-refractivity contribution in [2.45, 2.75) is 71.2 Å². The van der Waals surface area contributed by atoms with Gasteiger partial charge in [0.1, 0.15) is 5.76 Å². The minimum absolute atomic E-state index is 0.0642. The lowest BCUT2D eigenvalue weighted by Crippen LogP contribution is -2.41. The molecule has 6 heteroatoms. The van der Waals surface area contributed by atoms with Crippen LogP contribution in [-0.4, -0.2) is 46.7 Å². The zero-order valence-corrected chi connectivity index (χ0v) is 18.9. The van der Waals surface area contributed by atoms with Crippen LogP contribution in [0.4, 0.5) is 0 Å². The average molecular weight is 431 g/mol. The fourth-order valence-electron chi connectivity index (χ4n) is 6.04. The minimum atomic E-state index is -0.442. The Morgan fingerprint density at radius 2 is 1.90 bits per heavy atom. The molecule has 1 aliphatic carbocycles. The van der Waals surface area contributed by atoms with Gasteiger partial charge in [0, 0.05) is 12.2 Å². The summed E-state index contributed by atoms with van der Waals surface area (Å²) in [7, 11) is 0. The molecule has 5 rings (SSSR count). The maximum Gasteiger partial charge on any atom is 0.173 e. The Kier molecular flexibility index (Phi) is 5.05. The van der Waals surface area contributed by atoms with Crippen LogP contribution in [0.15, 0.2) is 17.9 Å². The van der Waals surface area contributed by atoms with Crippen molar-refractivity contribution in [3.63, 3.8) is 0 Å². The summed E-state index contributed by atoms with van der Waals surface area (Å²) in [6, 6.07) is 4.18. The molecule has 162 valence electrons. The van der Waals surface area contributed by atoms with Crippen molar-refractivity contribution < 1.29 is 24.1 Å². The summed E-state index contributed by atoms with van der Waals surface area (Å²) >= 11 is 1.81. The molecule has 1 N–H and O–H groups in total. The third kappa shape index (κ3) is 3.07. The van der Waals surface area contributed by atoms with Crippen LogP contribution in [0.2, 0.25) is 0 Å². The average Bonchev–Trinajstić information content (AvgIpc) is 3.29. The van der Waals surface area contributed by atoms with E-state index in [0.29, 0.717) is 5.57 Å². The Morgan fingerprint density at radius 1 is 1.20 bits per heavy atom. The van der Waals surface area contributed by atoms with Crippen molar-refractivity contribution in [2.75, 3.05) is 11.5 Å². The van der Waals surface area contributed by atoms with Gasteiger partial charge in [-0.05, 0) is 63.0 Å². The lowest BCUT2D eigenvalue weighted by Gasteiger charge is -2.34. The molecule has 0 unspecified atom stereocenters. The summed E-state index contributed by atoms with van der Waals surface area (Å²) < 4.78 is 17.4. The zero-order valence-electron chi connectivity index (χ0n) is 18.1. The highest BCUT2D eigenvalue weighted by molar-refractivity contribution is 7.99. The van der Waals surface area contributed by atoms with Crippen molar-refractivity contribution in [3.05, 3.63) is 40.1 Å². The first-order valence-electron chi connectivity index (χ1n) is 10.9. The van der Waals surface area contributed by atoms with Crippen LogP contribution >= 0.6 is 11.8 Å². The number of ketones is 1. The zero-order chi connectivity index (χ0) is 21.2. The molecule has 0 aromatic heterocycles. The summed E-state index contributed by atoms with van der Waals surface area (Å²) in [5, 5.41) is 11.3. The van der Waals surface area contributed by atoms with Gasteiger partial charge in [-0.3, -0.25) is 4.79 Å². The number of benzene rings is 1. The highest BCUT2D eigenvalue weighted by Gasteiger charge is 2.66. The van der Waals surface area contributed by atoms with E-state index in [4.69, 9.17) is 14.2 Å². The number of carbonyl (C=O) groups excluding carboxylic acids is 1. The number of hydrogen-bond donors (Lipinski definition) is 1. The van der Waals surface area contributed by atoms with Crippen LogP contribution in [0, 0.1) is 32.6 Å². The van der Waals surface area contributed by atoms with Crippen molar-refractivity contribution in [3.8, 4) is 0 Å². The molecule has 3 aliphatic heterocycles. The van der Waals surface area contributed by atoms with E-state index in [1.807, 2.05) is 20.8 Å². The number of fused-ring (bicyclic) bond motifs is 5. The molecule has 1 aromatic rings. The molecular formula is C24H30O5S. The topological polar surface area (TPSA) is 65.0 Å². The highest BCUT2D eigenvalue weighted by Crippen LogP contribution is 2.60. The fraction of sp³-hybridized carbons (Fsp3) is 0.625. The molecule has 4 atom stereocenters. The molecule has 5 nitrogen and oxygen atoms in total. The Bertz CT molecular complexity index is 895. The quantitative estimate of drug-likeness (QED) is 0.672. The first-order chi connectivity index (χ1) is 14.3. The minimum Gasteiger partial charge on any atom is -0.511 e. The Labute approximate surface area is 182 Å². The number of ether oxygens (including phenoxy) is 3. The van der Waals surface area contributed by atoms with E-state index in [2.05, 4.69) is 19.1 Å². The molecule has 0 saturated carbocycles. The van der Waals surface area contributed by atoms with Crippen LogP contribution in [0.3, 0.4) is 0 Å². The molecule has 0 spiro atoms. The summed E-state index contributed by atoms with van der Waals surface area (Å²) in [4.78, 5) is 13.5. The van der Waals surface area contributed by atoms with E-state index in [1.165, 1.54) is 5.56 Å². The number of thioether (sulfide) groups is 1. The molecule has 4 aliphatic rings. The van der Waals surface area contributed by atoms with E-state index in [9.17, 15) is 9.90 Å². The van der Waals surface area contributed by atoms with E-state index in [0.717, 1.165) is 47.5 Å². The Morgan fingerprint density at radius 3 is 2.57 bits per heavy atom. The number of aliphatic hydroxyl groups is 1. The van der Waals surface area contributed by atoms with Gasteiger partial charge in [0.25, 0.3) is 0 Å². The van der Waals surface area contributed by atoms with Gasteiger partial charge in [-0.1, -0.05) is 17.7 Å². The van der Waals surface area contributed by atoms with Crippen LogP contribution in [-0.2, 0) is 19.0 Å². The Hall–Kier alpha value is -1.34. The third-order valence-electron chi connectivity index (χ3n) is 7.12. The monoisotopic (exact) mass is 430 g/mol. The summed E-state index contributed by atoms with van der Waals surface area (Å²) in [5.41, 5.74) is 4.28. The smallest absolute Gasteiger partial charge is 0.173 e. The summed E-state index contributed by atoms with van der Waals surface area (Å²) in [6.45, 7) is 8.01. The highest BCUT2D eigenvalue weighted by atomic mass is 32.2. The van der Waals surface area contributed by atoms with E-state index in [-0.39, 0.29) is 42.1 Å². The van der Waals surface area contributed by atoms with Crippen LogP contribution < -0.4 is 0 Å². The predicted molar refractivity (Wildman–Crippen MR) is 116 cm³/mol. The summed E-state index contributed by atoms with van der Waals surface area (Å²) in [5.74, 6) is 1.54. The molecule has 3 heterocycles. The lowest BCUT2D eigenvalue weighted by molar-refractivity contribution is -0.375. The normalized spacial score (nSPS) is 37.1. The van der Waals surface area contributed by atoms with Gasteiger partial charge < -0.3 is 19.3 Å². The number of Topliss-reactive ketones (excluding diaryl/α,β-unsaturated/α-hetero) is 1. The molecule has 30 heavy (non-hydrogen) atoms. The lowest BCUT2D eigenvalue weighted by atomic mass is 9.73. The van der Waals surface area contributed by atoms with Gasteiger partial charge in [-0.15, -0.1) is 0 Å². The number of aliphatic hydroxyl groups excluding tert-OH is 1. The SMILES string of the molecule is Cc1cc(C)c(C2=C(O)[C@H]3[C@@H](C2=O)[C@@H]2CC[C@@]3(CSCCC3OC(C)O3)O2)c(C)c1. The number of carbonyl (C=O) groups is 1. The molecular weight excluding hydrogens is 400 g/mol. The van der Waals surface area contributed by atoms with Crippen LogP contribution in [0.25, 0.3) is 5.57 Å². The Balaban J connectivity index is 1.38. The number of allylic oxidation sites excluding steroid dienone is 1. The van der Waals surface area contributed by atoms with E-state index >= 15 is 0 Å². The molecule has 3 fully saturated rings. The van der Waals surface area contributed by atoms with E-state index < -0.39 is 5.60 Å². The first kappa shape index (κ1) is 20.6. The maximum absolute atomic E-state index is 13.5. The predicted octanol–water partition coefficient (Wildman–Crippen LogP) is 4.47. The van der Waals surface area contributed by atoms with Gasteiger partial charge in [-0.2, -0.15) is 11.8 Å². The van der Waals surface area contributed by atoms with Crippen molar-refractivity contribution in [1.82, 2.24) is 0 Å². The molecule has 0 radical (unpaired) electrons. The van der Waals surface area contributed by atoms with Gasteiger partial charge in [-0.25, -0.2) is 0 Å². The number of aryl methyl sites for hydroxylation is 3. The van der Waals surface area contributed by atoms with Gasteiger partial charge in [0.2, 0.25) is 0 Å². The standard InChI is InChI=1S/C24H30O5S/c1-12-9-13(2)18(14(3)10-12)20-22(25)19-16-5-7-24(29-16,21(19)23(20)26)11-30-8-6-17-27-15(4)28-17/h9-10,15-17,19,21,26H,5-8,11H2,1-4H3/t15?,16-,17?,19-,21+,24-/m0/s1. The van der Waals surface area contributed by atoms with E-state index in [1.54, 1.807) is 11.8 Å². The number of hydrogen-bond acceptors (Lipinski definition) is 6. The van der Waals surface area contributed by atoms with Crippen molar-refractivity contribution in [1.29, 1.82) is 0 Å². The first-order valence-corrected chi connectivity index (χ1v) is 12.1. The second-order valence-corrected chi connectivity index (χ2v) is 10.4. The van der Waals surface area contributed by atoms with Gasteiger partial charge in [0.05, 0.1) is 29.1 Å².